The third-order valence-electron chi connectivity index (χ3n) is 4.89. The first-order valence-electron chi connectivity index (χ1n) is 8.27. The summed E-state index contributed by atoms with van der Waals surface area (Å²) in [6.07, 6.45) is 8.68. The summed E-state index contributed by atoms with van der Waals surface area (Å²) in [6, 6.07) is 3.01. The van der Waals surface area contributed by atoms with E-state index in [1.807, 2.05) is 6.92 Å². The van der Waals surface area contributed by atoms with Gasteiger partial charge in [0.15, 0.2) is 0 Å². The molecule has 2 saturated heterocycles. The first-order chi connectivity index (χ1) is 9.61. The van der Waals surface area contributed by atoms with Crippen LogP contribution in [-0.4, -0.2) is 54.1 Å². The predicted molar refractivity (Wildman–Crippen MR) is 82.3 cm³/mol. The van der Waals surface area contributed by atoms with Gasteiger partial charge in [-0.05, 0) is 78.2 Å². The molecular weight excluding hydrogens is 248 g/mol. The standard InChI is InChI=1S/C16H30N4/c1-16(18,14-17)8-5-9-19-12-6-15(7-13-19)20-10-3-2-4-11-20/h15H,2-13,18H2,1H3. The minimum absolute atomic E-state index is 0.647. The van der Waals surface area contributed by atoms with E-state index in [0.717, 1.165) is 25.4 Å². The summed E-state index contributed by atoms with van der Waals surface area (Å²) in [6.45, 7) is 8.00. The second-order valence-corrected chi connectivity index (χ2v) is 6.80. The van der Waals surface area contributed by atoms with E-state index in [-0.39, 0.29) is 0 Å². The minimum atomic E-state index is -0.647. The Morgan fingerprint density at radius 1 is 1.15 bits per heavy atom. The van der Waals surface area contributed by atoms with E-state index in [4.69, 9.17) is 11.0 Å². The van der Waals surface area contributed by atoms with Crippen molar-refractivity contribution in [3.8, 4) is 6.07 Å². The van der Waals surface area contributed by atoms with Gasteiger partial charge in [-0.2, -0.15) is 5.26 Å². The van der Waals surface area contributed by atoms with Crippen molar-refractivity contribution in [1.29, 1.82) is 5.26 Å². The van der Waals surface area contributed by atoms with E-state index in [1.165, 1.54) is 58.3 Å². The number of nitrogens with zero attached hydrogens (tertiary/aromatic N) is 3. The second kappa shape index (κ2) is 7.40. The summed E-state index contributed by atoms with van der Waals surface area (Å²) in [7, 11) is 0. The molecule has 2 aliphatic rings. The Balaban J connectivity index is 1.63. The Kier molecular flexibility index (Phi) is 5.83. The topological polar surface area (TPSA) is 56.3 Å². The fraction of sp³-hybridized carbons (Fsp3) is 0.938. The van der Waals surface area contributed by atoms with Crippen LogP contribution >= 0.6 is 0 Å². The maximum atomic E-state index is 8.92. The molecule has 0 bridgehead atoms. The summed E-state index contributed by atoms with van der Waals surface area (Å²) < 4.78 is 0. The number of nitrogens with two attached hydrogens (primary N) is 1. The van der Waals surface area contributed by atoms with Gasteiger partial charge in [0, 0.05) is 6.04 Å². The van der Waals surface area contributed by atoms with Gasteiger partial charge in [-0.25, -0.2) is 0 Å². The van der Waals surface area contributed by atoms with E-state index < -0.39 is 5.54 Å². The first-order valence-corrected chi connectivity index (χ1v) is 8.27. The molecule has 4 nitrogen and oxygen atoms in total. The van der Waals surface area contributed by atoms with E-state index in [0.29, 0.717) is 0 Å². The van der Waals surface area contributed by atoms with Gasteiger partial charge in [0.1, 0.15) is 5.54 Å². The largest absolute Gasteiger partial charge is 0.314 e. The van der Waals surface area contributed by atoms with E-state index in [2.05, 4.69) is 15.9 Å². The average Bonchev–Trinajstić information content (AvgIpc) is 2.49. The Morgan fingerprint density at radius 2 is 1.80 bits per heavy atom. The third kappa shape index (κ3) is 4.73. The fourth-order valence-electron chi connectivity index (χ4n) is 3.52. The fourth-order valence-corrected chi connectivity index (χ4v) is 3.52. The Bertz CT molecular complexity index is 320. The van der Waals surface area contributed by atoms with Crippen LogP contribution < -0.4 is 5.73 Å². The molecule has 1 atom stereocenters. The number of likely N-dealkylation sites (tertiary alicyclic amines) is 2. The highest BCUT2D eigenvalue weighted by Gasteiger charge is 2.25. The SMILES string of the molecule is CC(N)(C#N)CCCN1CCC(N2CCCCC2)CC1. The molecule has 2 rings (SSSR count). The van der Waals surface area contributed by atoms with Crippen LogP contribution in [0.25, 0.3) is 0 Å². The summed E-state index contributed by atoms with van der Waals surface area (Å²) in [5, 5.41) is 8.92. The van der Waals surface area contributed by atoms with Crippen LogP contribution in [-0.2, 0) is 0 Å². The minimum Gasteiger partial charge on any atom is -0.314 e. The zero-order valence-corrected chi connectivity index (χ0v) is 13.0. The van der Waals surface area contributed by atoms with Crippen LogP contribution in [0.5, 0.6) is 0 Å². The molecule has 0 aliphatic carbocycles. The molecule has 0 aromatic rings. The molecule has 2 N–H and O–H groups in total. The molecule has 2 aliphatic heterocycles. The lowest BCUT2D eigenvalue weighted by Crippen LogP contribution is -2.47. The van der Waals surface area contributed by atoms with E-state index in [1.54, 1.807) is 0 Å². The van der Waals surface area contributed by atoms with Crippen molar-refractivity contribution in [1.82, 2.24) is 9.80 Å². The molecule has 20 heavy (non-hydrogen) atoms. The number of hydrogen-bond donors (Lipinski definition) is 1. The molecule has 0 radical (unpaired) electrons. The van der Waals surface area contributed by atoms with Crippen LogP contribution in [0.2, 0.25) is 0 Å². The molecule has 0 aromatic carbocycles. The summed E-state index contributed by atoms with van der Waals surface area (Å²) in [5.74, 6) is 0. The quantitative estimate of drug-likeness (QED) is 0.835. The molecule has 4 heteroatoms. The molecule has 114 valence electrons. The summed E-state index contributed by atoms with van der Waals surface area (Å²) in [5.41, 5.74) is 5.22. The van der Waals surface area contributed by atoms with Crippen LogP contribution in [0, 0.1) is 11.3 Å². The predicted octanol–water partition coefficient (Wildman–Crippen LogP) is 1.96. The van der Waals surface area contributed by atoms with Crippen molar-refractivity contribution >= 4 is 0 Å². The second-order valence-electron chi connectivity index (χ2n) is 6.80. The van der Waals surface area contributed by atoms with Crippen LogP contribution in [0.3, 0.4) is 0 Å². The number of hydrogen-bond acceptors (Lipinski definition) is 4. The van der Waals surface area contributed by atoms with Gasteiger partial charge < -0.3 is 15.5 Å². The molecule has 2 heterocycles. The van der Waals surface area contributed by atoms with Gasteiger partial charge in [-0.15, -0.1) is 0 Å². The van der Waals surface area contributed by atoms with Gasteiger partial charge in [-0.3, -0.25) is 0 Å². The maximum Gasteiger partial charge on any atom is 0.101 e. The molecule has 0 aromatic heterocycles. The van der Waals surface area contributed by atoms with Crippen molar-refractivity contribution in [3.63, 3.8) is 0 Å². The zero-order valence-electron chi connectivity index (χ0n) is 13.0. The number of nitriles is 1. The Hall–Kier alpha value is -0.630. The van der Waals surface area contributed by atoms with Crippen LogP contribution in [0.4, 0.5) is 0 Å². The molecular formula is C16H30N4. The van der Waals surface area contributed by atoms with Crippen molar-refractivity contribution in [2.75, 3.05) is 32.7 Å². The number of piperidine rings is 2. The lowest BCUT2D eigenvalue weighted by atomic mass is 9.97. The molecule has 0 spiro atoms. The van der Waals surface area contributed by atoms with Gasteiger partial charge in [0.2, 0.25) is 0 Å². The third-order valence-corrected chi connectivity index (χ3v) is 4.89. The monoisotopic (exact) mass is 278 g/mol. The van der Waals surface area contributed by atoms with Crippen molar-refractivity contribution in [3.05, 3.63) is 0 Å². The van der Waals surface area contributed by atoms with Crippen molar-refractivity contribution in [2.24, 2.45) is 5.73 Å². The maximum absolute atomic E-state index is 8.92. The first kappa shape index (κ1) is 15.8. The molecule has 0 saturated carbocycles. The highest BCUT2D eigenvalue weighted by molar-refractivity contribution is 5.00. The molecule has 2 fully saturated rings. The number of rotatable bonds is 5. The van der Waals surface area contributed by atoms with Gasteiger partial charge in [-0.1, -0.05) is 6.42 Å². The van der Waals surface area contributed by atoms with Gasteiger partial charge in [0.25, 0.3) is 0 Å². The lowest BCUT2D eigenvalue weighted by Gasteiger charge is -2.40. The average molecular weight is 278 g/mol. The summed E-state index contributed by atoms with van der Waals surface area (Å²) in [4.78, 5) is 5.27. The van der Waals surface area contributed by atoms with Crippen molar-refractivity contribution in [2.45, 2.75) is 63.5 Å². The van der Waals surface area contributed by atoms with Gasteiger partial charge in [0.05, 0.1) is 6.07 Å². The normalized spacial score (nSPS) is 26.1. The lowest BCUT2D eigenvalue weighted by molar-refractivity contribution is 0.0914. The molecule has 1 unspecified atom stereocenters. The Morgan fingerprint density at radius 3 is 2.40 bits per heavy atom. The Labute approximate surface area is 123 Å². The highest BCUT2D eigenvalue weighted by Crippen LogP contribution is 2.21. The summed E-state index contributed by atoms with van der Waals surface area (Å²) >= 11 is 0. The van der Waals surface area contributed by atoms with E-state index in [9.17, 15) is 0 Å². The van der Waals surface area contributed by atoms with Crippen molar-refractivity contribution < 1.29 is 0 Å². The zero-order chi connectivity index (χ0) is 14.4. The van der Waals surface area contributed by atoms with E-state index >= 15 is 0 Å². The molecule has 0 amide bonds. The smallest absolute Gasteiger partial charge is 0.101 e. The van der Waals surface area contributed by atoms with Crippen LogP contribution in [0.15, 0.2) is 0 Å². The highest BCUT2D eigenvalue weighted by atomic mass is 15.2. The van der Waals surface area contributed by atoms with Gasteiger partial charge >= 0.3 is 0 Å². The van der Waals surface area contributed by atoms with Crippen LogP contribution in [0.1, 0.15) is 51.9 Å².